The molecular formula is C28H29N7O3. The maximum atomic E-state index is 12.1. The van der Waals surface area contributed by atoms with Gasteiger partial charge in [0, 0.05) is 48.5 Å². The van der Waals surface area contributed by atoms with Crippen LogP contribution in [0.2, 0.25) is 0 Å². The van der Waals surface area contributed by atoms with Crippen LogP contribution in [0.4, 0.5) is 23.0 Å². The van der Waals surface area contributed by atoms with Gasteiger partial charge in [0.15, 0.2) is 11.5 Å². The molecule has 4 N–H and O–H groups in total. The summed E-state index contributed by atoms with van der Waals surface area (Å²) in [5, 5.41) is 6.75. The molecule has 2 aromatic heterocycles. The van der Waals surface area contributed by atoms with Gasteiger partial charge in [-0.2, -0.15) is 0 Å². The molecule has 2 aromatic carbocycles. The Morgan fingerprint density at radius 1 is 1.05 bits per heavy atom. The highest BCUT2D eigenvalue weighted by Gasteiger charge is 2.23. The van der Waals surface area contributed by atoms with Crippen LogP contribution in [0, 0.1) is 0 Å². The number of aromatic nitrogens is 3. The van der Waals surface area contributed by atoms with Gasteiger partial charge in [0.1, 0.15) is 11.6 Å². The normalized spacial score (nSPS) is 15.1. The molecule has 3 heterocycles. The van der Waals surface area contributed by atoms with Gasteiger partial charge in [0.2, 0.25) is 0 Å². The summed E-state index contributed by atoms with van der Waals surface area (Å²) in [6.07, 6.45) is 5.31. The van der Waals surface area contributed by atoms with Crippen molar-refractivity contribution in [2.24, 2.45) is 5.73 Å². The van der Waals surface area contributed by atoms with Crippen LogP contribution in [0.1, 0.15) is 23.3 Å². The van der Waals surface area contributed by atoms with Crippen LogP contribution in [-0.4, -0.2) is 46.7 Å². The SMILES string of the molecule is COc1ccc(NC2CCCN(c3cnc(C(N)=O)c(Nc4ccc(-n5ccccc5=O)cc4)n3)C2)cc1. The first-order chi connectivity index (χ1) is 18.5. The maximum absolute atomic E-state index is 12.1. The summed E-state index contributed by atoms with van der Waals surface area (Å²) in [4.78, 5) is 35.4. The number of benzene rings is 2. The molecule has 0 saturated carbocycles. The van der Waals surface area contributed by atoms with Crippen molar-refractivity contribution in [1.82, 2.24) is 14.5 Å². The van der Waals surface area contributed by atoms with Gasteiger partial charge in [-0.05, 0) is 67.4 Å². The number of carbonyl (C=O) groups excluding carboxylic acids is 1. The van der Waals surface area contributed by atoms with Crippen molar-refractivity contribution in [2.75, 3.05) is 35.7 Å². The minimum atomic E-state index is -0.670. The highest BCUT2D eigenvalue weighted by atomic mass is 16.5. The molecule has 5 rings (SSSR count). The monoisotopic (exact) mass is 511 g/mol. The average Bonchev–Trinajstić information content (AvgIpc) is 2.94. The lowest BCUT2D eigenvalue weighted by molar-refractivity contribution is 0.0996. The van der Waals surface area contributed by atoms with Crippen LogP contribution in [0.3, 0.4) is 0 Å². The number of nitrogens with zero attached hydrogens (tertiary/aromatic N) is 4. The fraction of sp³-hybridized carbons (Fsp3) is 0.214. The predicted octanol–water partition coefficient (Wildman–Crippen LogP) is 3.56. The van der Waals surface area contributed by atoms with Crippen molar-refractivity contribution < 1.29 is 9.53 Å². The molecular weight excluding hydrogens is 482 g/mol. The van der Waals surface area contributed by atoms with Crippen molar-refractivity contribution in [3.05, 3.63) is 95.2 Å². The van der Waals surface area contributed by atoms with Gasteiger partial charge in [-0.15, -0.1) is 0 Å². The number of nitrogens with one attached hydrogen (secondary N) is 2. The van der Waals surface area contributed by atoms with Crippen LogP contribution < -0.4 is 31.6 Å². The van der Waals surface area contributed by atoms with E-state index in [9.17, 15) is 9.59 Å². The summed E-state index contributed by atoms with van der Waals surface area (Å²) in [5.74, 6) is 1.09. The second-order valence-electron chi connectivity index (χ2n) is 9.03. The first-order valence-electron chi connectivity index (χ1n) is 12.4. The summed E-state index contributed by atoms with van der Waals surface area (Å²) in [6, 6.07) is 20.3. The Kier molecular flexibility index (Phi) is 7.21. The van der Waals surface area contributed by atoms with Crippen molar-refractivity contribution in [3.63, 3.8) is 0 Å². The molecule has 10 nitrogen and oxygen atoms in total. The summed E-state index contributed by atoms with van der Waals surface area (Å²) in [6.45, 7) is 1.56. The highest BCUT2D eigenvalue weighted by molar-refractivity contribution is 5.96. The van der Waals surface area contributed by atoms with E-state index < -0.39 is 5.91 Å². The van der Waals surface area contributed by atoms with Crippen LogP contribution in [0.5, 0.6) is 5.75 Å². The Morgan fingerprint density at radius 3 is 2.53 bits per heavy atom. The molecule has 38 heavy (non-hydrogen) atoms. The molecule has 1 unspecified atom stereocenters. The van der Waals surface area contributed by atoms with Crippen molar-refractivity contribution in [2.45, 2.75) is 18.9 Å². The fourth-order valence-corrected chi connectivity index (χ4v) is 4.51. The lowest BCUT2D eigenvalue weighted by atomic mass is 10.1. The first-order valence-corrected chi connectivity index (χ1v) is 12.4. The minimum absolute atomic E-state index is 0.0574. The fourth-order valence-electron chi connectivity index (χ4n) is 4.51. The Labute approximate surface area is 220 Å². The zero-order valence-electron chi connectivity index (χ0n) is 21.0. The third-order valence-electron chi connectivity index (χ3n) is 6.43. The minimum Gasteiger partial charge on any atom is -0.497 e. The lowest BCUT2D eigenvalue weighted by Crippen LogP contribution is -2.42. The van der Waals surface area contributed by atoms with Crippen molar-refractivity contribution in [3.8, 4) is 11.4 Å². The maximum Gasteiger partial charge on any atom is 0.271 e. The zero-order valence-corrected chi connectivity index (χ0v) is 21.0. The van der Waals surface area contributed by atoms with Gasteiger partial charge in [-0.1, -0.05) is 6.07 Å². The van der Waals surface area contributed by atoms with Crippen LogP contribution in [-0.2, 0) is 0 Å². The third-order valence-corrected chi connectivity index (χ3v) is 6.43. The van der Waals surface area contributed by atoms with Crippen LogP contribution in [0.15, 0.2) is 83.9 Å². The summed E-state index contributed by atoms with van der Waals surface area (Å²) in [7, 11) is 1.65. The van der Waals surface area contributed by atoms with Gasteiger partial charge < -0.3 is 26.0 Å². The molecule has 1 aliphatic rings. The molecule has 0 bridgehead atoms. The highest BCUT2D eigenvalue weighted by Crippen LogP contribution is 2.25. The summed E-state index contributed by atoms with van der Waals surface area (Å²) < 4.78 is 6.79. The number of anilines is 4. The molecule has 10 heteroatoms. The van der Waals surface area contributed by atoms with E-state index in [0.29, 0.717) is 11.5 Å². The number of primary amides is 1. The second-order valence-corrected chi connectivity index (χ2v) is 9.03. The van der Waals surface area contributed by atoms with Gasteiger partial charge in [0.05, 0.1) is 13.3 Å². The number of hydrogen-bond donors (Lipinski definition) is 3. The quantitative estimate of drug-likeness (QED) is 0.328. The van der Waals surface area contributed by atoms with Gasteiger partial charge in [-0.3, -0.25) is 14.2 Å². The molecule has 1 aliphatic heterocycles. The van der Waals surface area contributed by atoms with E-state index in [1.54, 1.807) is 36.2 Å². The van der Waals surface area contributed by atoms with E-state index in [2.05, 4.69) is 20.5 Å². The van der Waals surface area contributed by atoms with E-state index in [1.807, 2.05) is 48.5 Å². The summed E-state index contributed by atoms with van der Waals surface area (Å²) >= 11 is 0. The molecule has 1 fully saturated rings. The largest absolute Gasteiger partial charge is 0.497 e. The van der Waals surface area contributed by atoms with E-state index in [-0.39, 0.29) is 23.1 Å². The number of rotatable bonds is 8. The number of pyridine rings is 1. The molecule has 194 valence electrons. The second kappa shape index (κ2) is 11.0. The average molecular weight is 512 g/mol. The van der Waals surface area contributed by atoms with E-state index in [0.717, 1.165) is 43.1 Å². The molecule has 1 saturated heterocycles. The number of nitrogens with two attached hydrogens (primary N) is 1. The topological polar surface area (TPSA) is 127 Å². The standard InChI is InChI=1S/C28H29N7O3/c1-38-23-13-9-19(10-14-23)31-21-5-4-15-34(18-21)24-17-30-26(27(29)37)28(33-24)32-20-7-11-22(12-8-20)35-16-3-2-6-25(35)36/h2-3,6-14,16-17,21,31H,4-5,15,18H2,1H3,(H2,29,37)(H,32,33). The van der Waals surface area contributed by atoms with Crippen LogP contribution in [0.25, 0.3) is 5.69 Å². The van der Waals surface area contributed by atoms with E-state index in [1.165, 1.54) is 6.07 Å². The number of ether oxygens (including phenoxy) is 1. The molecule has 0 radical (unpaired) electrons. The number of methoxy groups -OCH3 is 1. The van der Waals surface area contributed by atoms with Crippen molar-refractivity contribution >= 4 is 28.9 Å². The van der Waals surface area contributed by atoms with Gasteiger partial charge in [-0.25, -0.2) is 9.97 Å². The number of hydrogen-bond acceptors (Lipinski definition) is 8. The molecule has 1 atom stereocenters. The zero-order chi connectivity index (χ0) is 26.5. The van der Waals surface area contributed by atoms with Gasteiger partial charge in [0.25, 0.3) is 11.5 Å². The number of piperidine rings is 1. The van der Waals surface area contributed by atoms with E-state index >= 15 is 0 Å². The molecule has 0 spiro atoms. The predicted molar refractivity (Wildman–Crippen MR) is 148 cm³/mol. The summed E-state index contributed by atoms with van der Waals surface area (Å²) in [5.41, 5.74) is 7.96. The molecule has 0 aliphatic carbocycles. The molecule has 4 aromatic rings. The third kappa shape index (κ3) is 5.59. The Morgan fingerprint density at radius 2 is 1.82 bits per heavy atom. The number of amides is 1. The van der Waals surface area contributed by atoms with Gasteiger partial charge >= 0.3 is 0 Å². The van der Waals surface area contributed by atoms with E-state index in [4.69, 9.17) is 15.5 Å². The Bertz CT molecular complexity index is 1470. The lowest BCUT2D eigenvalue weighted by Gasteiger charge is -2.34. The first kappa shape index (κ1) is 24.8. The molecule has 1 amide bonds. The smallest absolute Gasteiger partial charge is 0.271 e. The van der Waals surface area contributed by atoms with Crippen LogP contribution >= 0.6 is 0 Å². The Hall–Kier alpha value is -4.86. The number of carbonyl (C=O) groups is 1. The van der Waals surface area contributed by atoms with Crippen molar-refractivity contribution in [1.29, 1.82) is 0 Å². The Balaban J connectivity index is 1.33.